The van der Waals surface area contributed by atoms with Crippen LogP contribution in [0.15, 0.2) is 24.3 Å². The monoisotopic (exact) mass is 332 g/mol. The number of nitrogens with one attached hydrogen (secondary N) is 3. The van der Waals surface area contributed by atoms with Crippen molar-refractivity contribution in [2.45, 2.75) is 45.1 Å². The predicted molar refractivity (Wildman–Crippen MR) is 89.3 cm³/mol. The number of aryl methyl sites for hydroxylation is 1. The van der Waals surface area contributed by atoms with Crippen LogP contribution in [-0.4, -0.2) is 42.5 Å². The van der Waals surface area contributed by atoms with Gasteiger partial charge in [0.05, 0.1) is 0 Å². The highest BCUT2D eigenvalue weighted by Crippen LogP contribution is 2.18. The lowest BCUT2D eigenvalue weighted by atomic mass is 10.1. The van der Waals surface area contributed by atoms with Crippen LogP contribution in [0, 0.1) is 6.92 Å². The van der Waals surface area contributed by atoms with E-state index in [0.29, 0.717) is 26.1 Å². The van der Waals surface area contributed by atoms with Crippen molar-refractivity contribution in [1.82, 2.24) is 20.9 Å². The number of rotatable bonds is 4. The van der Waals surface area contributed by atoms with E-state index in [2.05, 4.69) is 22.0 Å². The average Bonchev–Trinajstić information content (AvgIpc) is 2.55. The number of hydrogen-bond donors (Lipinski definition) is 3. The lowest BCUT2D eigenvalue weighted by Gasteiger charge is -2.39. The largest absolute Gasteiger partial charge is 0.381 e. The zero-order chi connectivity index (χ0) is 17.1. The van der Waals surface area contributed by atoms with Crippen LogP contribution < -0.4 is 16.0 Å². The summed E-state index contributed by atoms with van der Waals surface area (Å²) in [6.07, 6.45) is 0.772. The van der Waals surface area contributed by atoms with Crippen molar-refractivity contribution in [1.29, 1.82) is 0 Å². The Morgan fingerprint density at radius 2 is 1.88 bits per heavy atom. The Labute approximate surface area is 141 Å². The first-order chi connectivity index (χ1) is 11.5. The second kappa shape index (κ2) is 7.19. The minimum absolute atomic E-state index is 0.00914. The Bertz CT molecular complexity index is 598. The molecule has 24 heavy (non-hydrogen) atoms. The minimum atomic E-state index is -0.586. The highest BCUT2D eigenvalue weighted by molar-refractivity contribution is 5.96. The van der Waals surface area contributed by atoms with E-state index >= 15 is 0 Å². The van der Waals surface area contributed by atoms with Crippen LogP contribution in [0.1, 0.15) is 36.9 Å². The fraction of sp³-hybridized carbons (Fsp3) is 0.529. The summed E-state index contributed by atoms with van der Waals surface area (Å²) in [5.74, 6) is 0. The van der Waals surface area contributed by atoms with E-state index in [-0.39, 0.29) is 24.1 Å². The van der Waals surface area contributed by atoms with Crippen molar-refractivity contribution in [2.75, 3.05) is 13.2 Å². The highest BCUT2D eigenvalue weighted by atomic mass is 16.5. The Morgan fingerprint density at radius 1 is 1.21 bits per heavy atom. The van der Waals surface area contributed by atoms with Gasteiger partial charge in [0.2, 0.25) is 0 Å². The molecule has 1 aromatic carbocycles. The molecule has 2 aliphatic rings. The summed E-state index contributed by atoms with van der Waals surface area (Å²) in [4.78, 5) is 26.0. The number of amides is 4. The van der Waals surface area contributed by atoms with Gasteiger partial charge in [0, 0.05) is 25.3 Å². The van der Waals surface area contributed by atoms with E-state index in [1.807, 2.05) is 32.0 Å². The maximum Gasteiger partial charge on any atom is 0.328 e. The van der Waals surface area contributed by atoms with Gasteiger partial charge in [-0.1, -0.05) is 29.8 Å². The first-order valence-corrected chi connectivity index (χ1v) is 8.35. The van der Waals surface area contributed by atoms with Crippen LogP contribution in [0.3, 0.4) is 0 Å². The molecule has 4 amide bonds. The fourth-order valence-corrected chi connectivity index (χ4v) is 3.16. The molecule has 2 heterocycles. The third kappa shape index (κ3) is 3.68. The molecule has 2 aliphatic heterocycles. The fourth-order valence-electron chi connectivity index (χ4n) is 3.16. The van der Waals surface area contributed by atoms with Crippen LogP contribution in [0.25, 0.3) is 0 Å². The lowest BCUT2D eigenvalue weighted by Crippen LogP contribution is -2.70. The van der Waals surface area contributed by atoms with Gasteiger partial charge in [-0.15, -0.1) is 0 Å². The molecule has 2 fully saturated rings. The first-order valence-electron chi connectivity index (χ1n) is 8.35. The van der Waals surface area contributed by atoms with Crippen molar-refractivity contribution in [3.8, 4) is 0 Å². The smallest absolute Gasteiger partial charge is 0.328 e. The maximum atomic E-state index is 12.4. The zero-order valence-corrected chi connectivity index (χ0v) is 14.0. The second-order valence-corrected chi connectivity index (χ2v) is 6.35. The summed E-state index contributed by atoms with van der Waals surface area (Å²) in [6, 6.07) is 7.29. The highest BCUT2D eigenvalue weighted by Gasteiger charge is 2.37. The van der Waals surface area contributed by atoms with Gasteiger partial charge >= 0.3 is 12.1 Å². The summed E-state index contributed by atoms with van der Waals surface area (Å²) >= 11 is 0. The van der Waals surface area contributed by atoms with Gasteiger partial charge in [-0.3, -0.25) is 5.32 Å². The van der Waals surface area contributed by atoms with Crippen molar-refractivity contribution < 1.29 is 14.3 Å². The Kier molecular flexibility index (Phi) is 5.01. The Morgan fingerprint density at radius 3 is 2.50 bits per heavy atom. The van der Waals surface area contributed by atoms with Gasteiger partial charge in [0.1, 0.15) is 0 Å². The van der Waals surface area contributed by atoms with Gasteiger partial charge in [0.25, 0.3) is 0 Å². The zero-order valence-electron chi connectivity index (χ0n) is 14.0. The molecule has 2 saturated heterocycles. The molecule has 0 aromatic heterocycles. The van der Waals surface area contributed by atoms with E-state index < -0.39 is 6.29 Å². The Hall–Kier alpha value is -2.12. The van der Waals surface area contributed by atoms with E-state index in [0.717, 1.165) is 5.56 Å². The van der Waals surface area contributed by atoms with Crippen molar-refractivity contribution in [3.63, 3.8) is 0 Å². The number of benzene rings is 1. The summed E-state index contributed by atoms with van der Waals surface area (Å²) < 4.78 is 5.29. The number of imide groups is 1. The molecule has 3 rings (SSSR count). The third-order valence-corrected chi connectivity index (χ3v) is 4.49. The third-order valence-electron chi connectivity index (χ3n) is 4.49. The van der Waals surface area contributed by atoms with Crippen molar-refractivity contribution in [3.05, 3.63) is 35.4 Å². The van der Waals surface area contributed by atoms with Crippen LogP contribution in [-0.2, 0) is 4.74 Å². The van der Waals surface area contributed by atoms with Crippen molar-refractivity contribution in [2.24, 2.45) is 0 Å². The number of urea groups is 2. The van der Waals surface area contributed by atoms with Gasteiger partial charge in [-0.25, -0.2) is 14.5 Å². The molecule has 1 aromatic rings. The summed E-state index contributed by atoms with van der Waals surface area (Å²) in [5, 5.41) is 8.86. The SMILES string of the molecule is Cc1cccc(C(C)NC2NC(=O)N(C3CCOCC3)C(=O)N2)c1. The van der Waals surface area contributed by atoms with E-state index in [1.165, 1.54) is 10.5 Å². The molecule has 7 heteroatoms. The number of ether oxygens (including phenoxy) is 1. The minimum Gasteiger partial charge on any atom is -0.381 e. The number of carbonyl (C=O) groups is 2. The lowest BCUT2D eigenvalue weighted by molar-refractivity contribution is 0.0492. The molecule has 1 atom stereocenters. The number of carbonyl (C=O) groups excluding carboxylic acids is 2. The van der Waals surface area contributed by atoms with Gasteiger partial charge in [-0.05, 0) is 32.3 Å². The summed E-state index contributed by atoms with van der Waals surface area (Å²) in [7, 11) is 0. The van der Waals surface area contributed by atoms with Gasteiger partial charge in [-0.2, -0.15) is 0 Å². The molecule has 7 nitrogen and oxygen atoms in total. The average molecular weight is 332 g/mol. The second-order valence-electron chi connectivity index (χ2n) is 6.35. The molecular weight excluding hydrogens is 308 g/mol. The molecule has 0 spiro atoms. The standard InChI is InChI=1S/C17H24N4O3/c1-11-4-3-5-13(10-11)12(2)18-15-19-16(22)21(17(23)20-15)14-6-8-24-9-7-14/h3-5,10,12,14-15,18H,6-9H2,1-2H3,(H,19,22)(H,20,23). The summed E-state index contributed by atoms with van der Waals surface area (Å²) in [6.45, 7) is 5.19. The predicted octanol–water partition coefficient (Wildman–Crippen LogP) is 1.84. The number of hydrogen-bond acceptors (Lipinski definition) is 4. The normalized spacial score (nSPS) is 21.3. The summed E-state index contributed by atoms with van der Waals surface area (Å²) in [5.41, 5.74) is 2.27. The van der Waals surface area contributed by atoms with E-state index in [1.54, 1.807) is 0 Å². The maximum absolute atomic E-state index is 12.4. The molecule has 1 unspecified atom stereocenters. The van der Waals surface area contributed by atoms with Crippen LogP contribution in [0.4, 0.5) is 9.59 Å². The first kappa shape index (κ1) is 16.7. The van der Waals surface area contributed by atoms with E-state index in [9.17, 15) is 9.59 Å². The molecule has 0 bridgehead atoms. The molecular formula is C17H24N4O3. The topological polar surface area (TPSA) is 82.7 Å². The van der Waals surface area contributed by atoms with Gasteiger partial charge in [0.15, 0.2) is 6.29 Å². The van der Waals surface area contributed by atoms with E-state index in [4.69, 9.17) is 4.74 Å². The molecule has 3 N–H and O–H groups in total. The van der Waals surface area contributed by atoms with Gasteiger partial charge < -0.3 is 15.4 Å². The Balaban J connectivity index is 1.61. The van der Waals surface area contributed by atoms with Crippen LogP contribution >= 0.6 is 0 Å². The number of nitrogens with zero attached hydrogens (tertiary/aromatic N) is 1. The van der Waals surface area contributed by atoms with Crippen molar-refractivity contribution >= 4 is 12.1 Å². The molecule has 130 valence electrons. The molecule has 0 aliphatic carbocycles. The van der Waals surface area contributed by atoms with Crippen LogP contribution in [0.2, 0.25) is 0 Å². The van der Waals surface area contributed by atoms with Crippen LogP contribution in [0.5, 0.6) is 0 Å². The quantitative estimate of drug-likeness (QED) is 0.786. The molecule has 0 radical (unpaired) electrons. The molecule has 0 saturated carbocycles.